The summed E-state index contributed by atoms with van der Waals surface area (Å²) in [6.45, 7) is 4.98. The summed E-state index contributed by atoms with van der Waals surface area (Å²) < 4.78 is 21.4. The van der Waals surface area contributed by atoms with E-state index in [1.807, 2.05) is 32.0 Å². The second-order valence-electron chi connectivity index (χ2n) is 7.01. The van der Waals surface area contributed by atoms with Crippen molar-refractivity contribution in [2.75, 3.05) is 34.5 Å². The molecule has 162 valence electrons. The Morgan fingerprint density at radius 3 is 2.27 bits per heavy atom. The number of amides is 1. The Kier molecular flexibility index (Phi) is 9.00. The number of ether oxygens (including phenoxy) is 4. The maximum Gasteiger partial charge on any atom is 0.291 e. The molecule has 1 amide bonds. The van der Waals surface area contributed by atoms with Crippen molar-refractivity contribution in [3.63, 3.8) is 0 Å². The molecule has 2 aromatic rings. The predicted molar refractivity (Wildman–Crippen MR) is 117 cm³/mol. The minimum atomic E-state index is -0.286. The van der Waals surface area contributed by atoms with Gasteiger partial charge in [0.1, 0.15) is 5.75 Å². The maximum absolute atomic E-state index is 12.5. The number of rotatable bonds is 9. The largest absolute Gasteiger partial charge is 0.497 e. The predicted octanol–water partition coefficient (Wildman–Crippen LogP) is 3.71. The summed E-state index contributed by atoms with van der Waals surface area (Å²) in [5.74, 6) is 2.05. The number of nitrogens with zero attached hydrogens (tertiary/aromatic N) is 1. The van der Waals surface area contributed by atoms with Gasteiger partial charge in [-0.15, -0.1) is 0 Å². The van der Waals surface area contributed by atoms with E-state index in [2.05, 4.69) is 10.3 Å². The summed E-state index contributed by atoms with van der Waals surface area (Å²) in [4.78, 5) is 17.0. The number of nitrogens with one attached hydrogen (secondary N) is 1. The van der Waals surface area contributed by atoms with Gasteiger partial charge >= 0.3 is 0 Å². The number of methoxy groups -OCH3 is 3. The van der Waals surface area contributed by atoms with E-state index in [0.29, 0.717) is 48.3 Å². The molecule has 0 saturated heterocycles. The number of carbonyl (C=O) groups is 1. The van der Waals surface area contributed by atoms with Crippen molar-refractivity contribution in [1.29, 1.82) is 0 Å². The molecular formula is C23H30N2O5. The number of hydrogen-bond acceptors (Lipinski definition) is 6. The number of benzene rings is 2. The Morgan fingerprint density at radius 1 is 0.967 bits per heavy atom. The van der Waals surface area contributed by atoms with Crippen LogP contribution in [0.15, 0.2) is 47.5 Å². The lowest BCUT2D eigenvalue weighted by Crippen LogP contribution is -2.33. The third kappa shape index (κ3) is 6.99. The Morgan fingerprint density at radius 2 is 1.67 bits per heavy atom. The van der Waals surface area contributed by atoms with Gasteiger partial charge in [0.25, 0.3) is 11.9 Å². The van der Waals surface area contributed by atoms with E-state index in [4.69, 9.17) is 18.9 Å². The minimum absolute atomic E-state index is 0.213. The standard InChI is InChI=1S/C23H30N2O5/c1-16(2)15-30-23(25-22(26)18-7-9-19(27-3)10-8-18)24-13-12-17-6-11-20(28-4)21(14-17)29-5/h6-11,14,16H,12-13,15H2,1-5H3,(H,24,25,26). The van der Waals surface area contributed by atoms with Crippen molar-refractivity contribution in [2.24, 2.45) is 10.9 Å². The molecular weight excluding hydrogens is 384 g/mol. The van der Waals surface area contributed by atoms with E-state index in [0.717, 1.165) is 5.56 Å². The molecule has 0 aliphatic heterocycles. The Balaban J connectivity index is 2.05. The Bertz CT molecular complexity index is 847. The van der Waals surface area contributed by atoms with E-state index in [1.54, 1.807) is 45.6 Å². The average molecular weight is 415 g/mol. The first-order chi connectivity index (χ1) is 14.5. The first-order valence-electron chi connectivity index (χ1n) is 9.80. The quantitative estimate of drug-likeness (QED) is 0.500. The van der Waals surface area contributed by atoms with Gasteiger partial charge in [-0.3, -0.25) is 10.1 Å². The first-order valence-corrected chi connectivity index (χ1v) is 9.80. The highest BCUT2D eigenvalue weighted by molar-refractivity contribution is 6.04. The molecule has 0 aliphatic rings. The first kappa shape index (κ1) is 23.1. The molecule has 7 nitrogen and oxygen atoms in total. The van der Waals surface area contributed by atoms with Crippen molar-refractivity contribution in [2.45, 2.75) is 20.3 Å². The SMILES string of the molecule is COc1ccc(C(=O)NC(=NCCc2ccc(OC)c(OC)c2)OCC(C)C)cc1. The van der Waals surface area contributed by atoms with Gasteiger partial charge in [0.05, 0.1) is 27.9 Å². The highest BCUT2D eigenvalue weighted by Gasteiger charge is 2.11. The van der Waals surface area contributed by atoms with E-state index in [-0.39, 0.29) is 11.9 Å². The van der Waals surface area contributed by atoms with Gasteiger partial charge in [-0.05, 0) is 54.3 Å². The summed E-state index contributed by atoms with van der Waals surface area (Å²) in [6.07, 6.45) is 0.660. The van der Waals surface area contributed by atoms with Crippen LogP contribution in [0.3, 0.4) is 0 Å². The summed E-state index contributed by atoms with van der Waals surface area (Å²) in [7, 11) is 4.79. The maximum atomic E-state index is 12.5. The number of carbonyl (C=O) groups excluding carboxylic acids is 1. The van der Waals surface area contributed by atoms with Gasteiger partial charge in [0, 0.05) is 12.1 Å². The molecule has 30 heavy (non-hydrogen) atoms. The monoisotopic (exact) mass is 414 g/mol. The van der Waals surface area contributed by atoms with Crippen LogP contribution in [0.4, 0.5) is 0 Å². The third-order valence-electron chi connectivity index (χ3n) is 4.23. The van der Waals surface area contributed by atoms with Crippen LogP contribution in [0.5, 0.6) is 17.2 Å². The highest BCUT2D eigenvalue weighted by atomic mass is 16.5. The Labute approximate surface area is 178 Å². The van der Waals surface area contributed by atoms with Crippen LogP contribution in [-0.2, 0) is 11.2 Å². The second-order valence-corrected chi connectivity index (χ2v) is 7.01. The zero-order valence-corrected chi connectivity index (χ0v) is 18.2. The van der Waals surface area contributed by atoms with E-state index in [1.165, 1.54) is 0 Å². The lowest BCUT2D eigenvalue weighted by molar-refractivity contribution is 0.0963. The van der Waals surface area contributed by atoms with Gasteiger partial charge < -0.3 is 18.9 Å². The fraction of sp³-hybridized carbons (Fsp3) is 0.391. The van der Waals surface area contributed by atoms with E-state index >= 15 is 0 Å². The van der Waals surface area contributed by atoms with Crippen LogP contribution >= 0.6 is 0 Å². The molecule has 0 bridgehead atoms. The molecule has 0 saturated carbocycles. The molecule has 1 N–H and O–H groups in total. The van der Waals surface area contributed by atoms with Crippen LogP contribution in [0, 0.1) is 5.92 Å². The van der Waals surface area contributed by atoms with Crippen LogP contribution in [0.1, 0.15) is 29.8 Å². The molecule has 0 radical (unpaired) electrons. The van der Waals surface area contributed by atoms with Gasteiger partial charge in [0.2, 0.25) is 0 Å². The smallest absolute Gasteiger partial charge is 0.291 e. The van der Waals surface area contributed by atoms with Crippen molar-refractivity contribution in [3.05, 3.63) is 53.6 Å². The van der Waals surface area contributed by atoms with Crippen molar-refractivity contribution in [1.82, 2.24) is 5.32 Å². The zero-order chi connectivity index (χ0) is 21.9. The summed E-state index contributed by atoms with van der Waals surface area (Å²) >= 11 is 0. The van der Waals surface area contributed by atoms with Gasteiger partial charge in [-0.2, -0.15) is 0 Å². The molecule has 0 fully saturated rings. The average Bonchev–Trinajstić information content (AvgIpc) is 2.77. The zero-order valence-electron chi connectivity index (χ0n) is 18.2. The fourth-order valence-corrected chi connectivity index (χ4v) is 2.60. The molecule has 2 rings (SSSR count). The molecule has 0 unspecified atom stereocenters. The van der Waals surface area contributed by atoms with Gasteiger partial charge in [0.15, 0.2) is 11.5 Å². The third-order valence-corrected chi connectivity index (χ3v) is 4.23. The summed E-state index contributed by atoms with van der Waals surface area (Å²) in [5.41, 5.74) is 1.54. The number of aliphatic imine (C=N–C) groups is 1. The van der Waals surface area contributed by atoms with Crippen LogP contribution in [0.2, 0.25) is 0 Å². The number of amidine groups is 1. The van der Waals surface area contributed by atoms with Gasteiger partial charge in [-0.1, -0.05) is 19.9 Å². The molecule has 0 aliphatic carbocycles. The van der Waals surface area contributed by atoms with Crippen LogP contribution in [-0.4, -0.2) is 46.4 Å². The Hall–Kier alpha value is -3.22. The van der Waals surface area contributed by atoms with Crippen molar-refractivity contribution >= 4 is 11.9 Å². The van der Waals surface area contributed by atoms with Gasteiger partial charge in [-0.25, -0.2) is 4.99 Å². The summed E-state index contributed by atoms with van der Waals surface area (Å²) in [6, 6.07) is 12.8. The molecule has 2 aromatic carbocycles. The molecule has 0 heterocycles. The highest BCUT2D eigenvalue weighted by Crippen LogP contribution is 2.27. The lowest BCUT2D eigenvalue weighted by Gasteiger charge is -2.13. The topological polar surface area (TPSA) is 78.4 Å². The second kappa shape index (κ2) is 11.7. The fourth-order valence-electron chi connectivity index (χ4n) is 2.60. The molecule has 0 aromatic heterocycles. The molecule has 0 spiro atoms. The van der Waals surface area contributed by atoms with E-state index < -0.39 is 0 Å². The molecule has 7 heteroatoms. The van der Waals surface area contributed by atoms with Crippen molar-refractivity contribution in [3.8, 4) is 17.2 Å². The lowest BCUT2D eigenvalue weighted by atomic mass is 10.1. The summed E-state index contributed by atoms with van der Waals surface area (Å²) in [5, 5.41) is 2.76. The van der Waals surface area contributed by atoms with Crippen molar-refractivity contribution < 1.29 is 23.7 Å². The number of hydrogen-bond donors (Lipinski definition) is 1. The van der Waals surface area contributed by atoms with E-state index in [9.17, 15) is 4.79 Å². The normalized spacial score (nSPS) is 11.2. The van der Waals surface area contributed by atoms with Crippen LogP contribution in [0.25, 0.3) is 0 Å². The minimum Gasteiger partial charge on any atom is -0.497 e. The van der Waals surface area contributed by atoms with Crippen LogP contribution < -0.4 is 19.5 Å². The molecule has 0 atom stereocenters.